The Morgan fingerprint density at radius 2 is 2.06 bits per heavy atom. The summed E-state index contributed by atoms with van der Waals surface area (Å²) in [6.07, 6.45) is 7.31. The first-order valence-electron chi connectivity index (χ1n) is 7.00. The SMILES string of the molecule is Cl.NCCC1CCCCN1CC(=O)NCC1CC1. The van der Waals surface area contributed by atoms with Crippen molar-refractivity contribution in [2.75, 3.05) is 26.2 Å². The van der Waals surface area contributed by atoms with Gasteiger partial charge < -0.3 is 11.1 Å². The zero-order valence-electron chi connectivity index (χ0n) is 11.1. The third-order valence-corrected chi connectivity index (χ3v) is 3.88. The maximum absolute atomic E-state index is 11.8. The first-order valence-corrected chi connectivity index (χ1v) is 7.00. The average Bonchev–Trinajstić information content (AvgIpc) is 3.13. The molecule has 106 valence electrons. The lowest BCUT2D eigenvalue weighted by atomic mass is 9.99. The Balaban J connectivity index is 0.00000162. The van der Waals surface area contributed by atoms with Gasteiger partial charge in [0.15, 0.2) is 0 Å². The van der Waals surface area contributed by atoms with Crippen LogP contribution in [0.4, 0.5) is 0 Å². The Bertz CT molecular complexity index is 257. The molecule has 5 heteroatoms. The monoisotopic (exact) mass is 275 g/mol. The maximum atomic E-state index is 11.8. The fourth-order valence-corrected chi connectivity index (χ4v) is 2.61. The average molecular weight is 276 g/mol. The zero-order chi connectivity index (χ0) is 12.1. The summed E-state index contributed by atoms with van der Waals surface area (Å²) in [4.78, 5) is 14.1. The van der Waals surface area contributed by atoms with Crippen LogP contribution in [-0.4, -0.2) is 43.0 Å². The predicted molar refractivity (Wildman–Crippen MR) is 75.9 cm³/mol. The van der Waals surface area contributed by atoms with Gasteiger partial charge in [0.25, 0.3) is 0 Å². The number of hydrogen-bond acceptors (Lipinski definition) is 3. The molecule has 2 rings (SSSR count). The fourth-order valence-electron chi connectivity index (χ4n) is 2.61. The van der Waals surface area contributed by atoms with Crippen LogP contribution in [0.1, 0.15) is 38.5 Å². The molecule has 0 aromatic rings. The summed E-state index contributed by atoms with van der Waals surface area (Å²) in [5.74, 6) is 0.959. The van der Waals surface area contributed by atoms with E-state index in [1.807, 2.05) is 0 Å². The molecule has 1 heterocycles. The van der Waals surface area contributed by atoms with Crippen LogP contribution in [0.2, 0.25) is 0 Å². The van der Waals surface area contributed by atoms with E-state index >= 15 is 0 Å². The van der Waals surface area contributed by atoms with Gasteiger partial charge in [0.2, 0.25) is 5.91 Å². The molecule has 2 aliphatic rings. The lowest BCUT2D eigenvalue weighted by Gasteiger charge is -2.35. The number of halogens is 1. The Labute approximate surface area is 116 Å². The van der Waals surface area contributed by atoms with Gasteiger partial charge in [-0.15, -0.1) is 12.4 Å². The summed E-state index contributed by atoms with van der Waals surface area (Å²) in [5.41, 5.74) is 5.63. The van der Waals surface area contributed by atoms with E-state index in [9.17, 15) is 4.79 Å². The number of nitrogens with two attached hydrogens (primary N) is 1. The molecule has 0 aromatic carbocycles. The summed E-state index contributed by atoms with van der Waals surface area (Å²) in [6, 6.07) is 0.528. The molecule has 4 nitrogen and oxygen atoms in total. The van der Waals surface area contributed by atoms with Crippen LogP contribution in [-0.2, 0) is 4.79 Å². The van der Waals surface area contributed by atoms with E-state index in [1.165, 1.54) is 32.1 Å². The first kappa shape index (κ1) is 15.7. The van der Waals surface area contributed by atoms with Gasteiger partial charge in [-0.25, -0.2) is 0 Å². The molecule has 1 aliphatic carbocycles. The smallest absolute Gasteiger partial charge is 0.234 e. The van der Waals surface area contributed by atoms with E-state index in [-0.39, 0.29) is 18.3 Å². The highest BCUT2D eigenvalue weighted by Crippen LogP contribution is 2.27. The molecule has 3 N–H and O–H groups in total. The van der Waals surface area contributed by atoms with Crippen molar-refractivity contribution in [1.82, 2.24) is 10.2 Å². The van der Waals surface area contributed by atoms with E-state index in [1.54, 1.807) is 0 Å². The van der Waals surface area contributed by atoms with Crippen molar-refractivity contribution < 1.29 is 4.79 Å². The van der Waals surface area contributed by atoms with Crippen molar-refractivity contribution >= 4 is 18.3 Å². The number of amides is 1. The molecule has 0 bridgehead atoms. The number of carbonyl (C=O) groups is 1. The molecule has 0 spiro atoms. The molecule has 1 amide bonds. The number of piperidine rings is 1. The van der Waals surface area contributed by atoms with E-state index in [2.05, 4.69) is 10.2 Å². The standard InChI is InChI=1S/C13H25N3O.ClH/c14-7-6-12-3-1-2-8-16(12)10-13(17)15-9-11-4-5-11;/h11-12H,1-10,14H2,(H,15,17);1H. The van der Waals surface area contributed by atoms with Crippen molar-refractivity contribution in [3.63, 3.8) is 0 Å². The molecule has 1 unspecified atom stereocenters. The minimum atomic E-state index is 0. The Morgan fingerprint density at radius 1 is 1.28 bits per heavy atom. The molecule has 1 saturated carbocycles. The Hall–Kier alpha value is -0.320. The lowest BCUT2D eigenvalue weighted by Crippen LogP contribution is -2.46. The summed E-state index contributed by atoms with van der Waals surface area (Å²) in [5, 5.41) is 3.04. The lowest BCUT2D eigenvalue weighted by molar-refractivity contribution is -0.123. The van der Waals surface area contributed by atoms with Crippen LogP contribution in [0.3, 0.4) is 0 Å². The third kappa shape index (κ3) is 5.12. The largest absolute Gasteiger partial charge is 0.355 e. The van der Waals surface area contributed by atoms with Crippen LogP contribution < -0.4 is 11.1 Å². The van der Waals surface area contributed by atoms with Gasteiger partial charge in [-0.1, -0.05) is 6.42 Å². The van der Waals surface area contributed by atoms with E-state index < -0.39 is 0 Å². The van der Waals surface area contributed by atoms with Gasteiger partial charge in [0.1, 0.15) is 0 Å². The summed E-state index contributed by atoms with van der Waals surface area (Å²) in [6.45, 7) is 3.23. The zero-order valence-corrected chi connectivity index (χ0v) is 11.9. The minimum Gasteiger partial charge on any atom is -0.355 e. The van der Waals surface area contributed by atoms with Crippen molar-refractivity contribution in [3.8, 4) is 0 Å². The number of likely N-dealkylation sites (tertiary alicyclic amines) is 1. The molecule has 2 fully saturated rings. The third-order valence-electron chi connectivity index (χ3n) is 3.88. The van der Waals surface area contributed by atoms with Crippen molar-refractivity contribution in [3.05, 3.63) is 0 Å². The Kier molecular flexibility index (Phi) is 6.97. The minimum absolute atomic E-state index is 0. The molecule has 0 aromatic heterocycles. The highest BCUT2D eigenvalue weighted by atomic mass is 35.5. The molecule has 18 heavy (non-hydrogen) atoms. The first-order chi connectivity index (χ1) is 8.29. The van der Waals surface area contributed by atoms with Crippen LogP contribution >= 0.6 is 12.4 Å². The summed E-state index contributed by atoms with van der Waals surface area (Å²) < 4.78 is 0. The summed E-state index contributed by atoms with van der Waals surface area (Å²) >= 11 is 0. The van der Waals surface area contributed by atoms with Crippen LogP contribution in [0.25, 0.3) is 0 Å². The van der Waals surface area contributed by atoms with Crippen LogP contribution in [0.5, 0.6) is 0 Å². The molecule has 0 radical (unpaired) electrons. The van der Waals surface area contributed by atoms with E-state index in [4.69, 9.17) is 5.73 Å². The summed E-state index contributed by atoms with van der Waals surface area (Å²) in [7, 11) is 0. The molecule has 1 aliphatic heterocycles. The van der Waals surface area contributed by atoms with Gasteiger partial charge in [-0.05, 0) is 51.1 Å². The molecule has 1 atom stereocenters. The van der Waals surface area contributed by atoms with Crippen molar-refractivity contribution in [1.29, 1.82) is 0 Å². The van der Waals surface area contributed by atoms with E-state index in [0.29, 0.717) is 12.6 Å². The predicted octanol–water partition coefficient (Wildman–Crippen LogP) is 1.14. The molecular weight excluding hydrogens is 250 g/mol. The molecular formula is C13H26ClN3O. The number of nitrogens with zero attached hydrogens (tertiary/aromatic N) is 1. The van der Waals surface area contributed by atoms with Gasteiger partial charge in [-0.3, -0.25) is 9.69 Å². The van der Waals surface area contributed by atoms with Crippen LogP contribution in [0.15, 0.2) is 0 Å². The van der Waals surface area contributed by atoms with Gasteiger partial charge in [-0.2, -0.15) is 0 Å². The quantitative estimate of drug-likeness (QED) is 0.764. The number of rotatable bonds is 6. The van der Waals surface area contributed by atoms with E-state index in [0.717, 1.165) is 32.0 Å². The number of nitrogens with one attached hydrogen (secondary N) is 1. The van der Waals surface area contributed by atoms with Crippen molar-refractivity contribution in [2.24, 2.45) is 11.7 Å². The fraction of sp³-hybridized carbons (Fsp3) is 0.923. The Morgan fingerprint density at radius 3 is 2.72 bits per heavy atom. The highest BCUT2D eigenvalue weighted by molar-refractivity contribution is 5.85. The topological polar surface area (TPSA) is 58.4 Å². The number of carbonyl (C=O) groups excluding carboxylic acids is 1. The second-order valence-electron chi connectivity index (χ2n) is 5.44. The maximum Gasteiger partial charge on any atom is 0.234 e. The second-order valence-corrected chi connectivity index (χ2v) is 5.44. The normalized spacial score (nSPS) is 24.4. The van der Waals surface area contributed by atoms with Crippen LogP contribution in [0, 0.1) is 5.92 Å². The van der Waals surface area contributed by atoms with Gasteiger partial charge in [0.05, 0.1) is 6.54 Å². The molecule has 1 saturated heterocycles. The van der Waals surface area contributed by atoms with Gasteiger partial charge >= 0.3 is 0 Å². The second kappa shape index (κ2) is 7.97. The highest BCUT2D eigenvalue weighted by Gasteiger charge is 2.25. The van der Waals surface area contributed by atoms with Crippen molar-refractivity contribution in [2.45, 2.75) is 44.6 Å². The number of hydrogen-bond donors (Lipinski definition) is 2. The van der Waals surface area contributed by atoms with Gasteiger partial charge in [0, 0.05) is 12.6 Å².